The van der Waals surface area contributed by atoms with Crippen LogP contribution in [0.1, 0.15) is 37.8 Å². The monoisotopic (exact) mass is 224 g/mol. The molecule has 1 atom stereocenters. The molecule has 1 aromatic heterocycles. The van der Waals surface area contributed by atoms with Crippen LogP contribution >= 0.6 is 0 Å². The number of rotatable bonds is 4. The zero-order valence-corrected chi connectivity index (χ0v) is 9.85. The molecule has 4 nitrogen and oxygen atoms in total. The minimum Gasteiger partial charge on any atom is -0.449 e. The second kappa shape index (κ2) is 5.46. The van der Waals surface area contributed by atoms with E-state index in [4.69, 9.17) is 9.52 Å². The molecule has 0 radical (unpaired) electrons. The minimum absolute atomic E-state index is 0.0361. The number of likely N-dealkylation sites (N-methyl/N-ethyl adjacent to an activating group) is 1. The van der Waals surface area contributed by atoms with Crippen LogP contribution in [0.3, 0.4) is 0 Å². The van der Waals surface area contributed by atoms with Crippen molar-refractivity contribution in [3.05, 3.63) is 17.8 Å². The molecule has 1 aliphatic rings. The van der Waals surface area contributed by atoms with Gasteiger partial charge in [0.05, 0.1) is 6.61 Å². The molecule has 0 aromatic carbocycles. The maximum Gasteiger partial charge on any atom is 0.195 e. The van der Waals surface area contributed by atoms with Gasteiger partial charge in [-0.15, -0.1) is 0 Å². The predicted octanol–water partition coefficient (Wildman–Crippen LogP) is 1.58. The first-order valence-corrected chi connectivity index (χ1v) is 6.11. The van der Waals surface area contributed by atoms with Crippen molar-refractivity contribution in [3.63, 3.8) is 0 Å². The Morgan fingerprint density at radius 3 is 3.12 bits per heavy atom. The lowest BCUT2D eigenvalue weighted by Crippen LogP contribution is -2.40. The first-order valence-electron chi connectivity index (χ1n) is 6.11. The molecule has 1 aliphatic heterocycles. The Balaban J connectivity index is 1.96. The summed E-state index contributed by atoms with van der Waals surface area (Å²) in [5, 5.41) is 8.92. The molecular formula is C12H20N2O2. The Bertz CT molecular complexity index is 325. The van der Waals surface area contributed by atoms with Crippen LogP contribution in [0, 0.1) is 0 Å². The molecule has 90 valence electrons. The molecule has 1 fully saturated rings. The smallest absolute Gasteiger partial charge is 0.195 e. The highest BCUT2D eigenvalue weighted by molar-refractivity contribution is 4.97. The molecule has 4 heteroatoms. The van der Waals surface area contributed by atoms with Crippen molar-refractivity contribution >= 4 is 0 Å². The van der Waals surface area contributed by atoms with Crippen molar-refractivity contribution < 1.29 is 9.52 Å². The third kappa shape index (κ3) is 2.62. The lowest BCUT2D eigenvalue weighted by atomic mass is 9.99. The Labute approximate surface area is 96.3 Å². The zero-order valence-electron chi connectivity index (χ0n) is 9.85. The standard InChI is InChI=1S/C12H20N2O2/c1-2-14-6-4-3-5-11(14)7-12-13-10(8-15)9-16-12/h9,11,15H,2-8H2,1H3. The van der Waals surface area contributed by atoms with Gasteiger partial charge in [0.25, 0.3) is 0 Å². The largest absolute Gasteiger partial charge is 0.449 e. The number of aliphatic hydroxyl groups excluding tert-OH is 1. The fourth-order valence-corrected chi connectivity index (χ4v) is 2.42. The number of aromatic nitrogens is 1. The molecule has 2 heterocycles. The molecule has 1 N–H and O–H groups in total. The van der Waals surface area contributed by atoms with Gasteiger partial charge in [-0.2, -0.15) is 0 Å². The lowest BCUT2D eigenvalue weighted by Gasteiger charge is -2.34. The van der Waals surface area contributed by atoms with E-state index in [9.17, 15) is 0 Å². The van der Waals surface area contributed by atoms with Gasteiger partial charge in [0, 0.05) is 12.5 Å². The SMILES string of the molecule is CCN1CCCCC1Cc1nc(CO)co1. The molecule has 0 amide bonds. The van der Waals surface area contributed by atoms with Gasteiger partial charge in [-0.1, -0.05) is 13.3 Å². The molecule has 0 bridgehead atoms. The minimum atomic E-state index is -0.0361. The van der Waals surface area contributed by atoms with E-state index in [0.717, 1.165) is 18.9 Å². The fourth-order valence-electron chi connectivity index (χ4n) is 2.42. The van der Waals surface area contributed by atoms with Gasteiger partial charge in [0.1, 0.15) is 12.0 Å². The Morgan fingerprint density at radius 1 is 1.56 bits per heavy atom. The number of nitrogens with zero attached hydrogens (tertiary/aromatic N) is 2. The summed E-state index contributed by atoms with van der Waals surface area (Å²) in [7, 11) is 0. The highest BCUT2D eigenvalue weighted by Crippen LogP contribution is 2.20. The van der Waals surface area contributed by atoms with Gasteiger partial charge in [0.15, 0.2) is 5.89 Å². The Morgan fingerprint density at radius 2 is 2.44 bits per heavy atom. The van der Waals surface area contributed by atoms with Gasteiger partial charge >= 0.3 is 0 Å². The maximum atomic E-state index is 8.92. The Hall–Kier alpha value is -0.870. The zero-order chi connectivity index (χ0) is 11.4. The molecule has 0 aliphatic carbocycles. The van der Waals surface area contributed by atoms with Crippen molar-refractivity contribution in [2.45, 2.75) is 45.3 Å². The van der Waals surface area contributed by atoms with Crippen molar-refractivity contribution in [3.8, 4) is 0 Å². The normalized spacial score (nSPS) is 22.5. The molecule has 16 heavy (non-hydrogen) atoms. The summed E-state index contributed by atoms with van der Waals surface area (Å²) in [5.74, 6) is 0.759. The average Bonchev–Trinajstić information content (AvgIpc) is 2.77. The molecule has 0 saturated carbocycles. The second-order valence-corrected chi connectivity index (χ2v) is 4.37. The van der Waals surface area contributed by atoms with Crippen LogP contribution in [-0.4, -0.2) is 34.1 Å². The molecule has 2 rings (SSSR count). The summed E-state index contributed by atoms with van der Waals surface area (Å²) in [4.78, 5) is 6.74. The van der Waals surface area contributed by atoms with E-state index in [1.807, 2.05) is 0 Å². The van der Waals surface area contributed by atoms with E-state index < -0.39 is 0 Å². The van der Waals surface area contributed by atoms with E-state index in [2.05, 4.69) is 16.8 Å². The van der Waals surface area contributed by atoms with Gasteiger partial charge in [0.2, 0.25) is 0 Å². The highest BCUT2D eigenvalue weighted by atomic mass is 16.3. The summed E-state index contributed by atoms with van der Waals surface area (Å²) in [6.07, 6.45) is 6.25. The van der Waals surface area contributed by atoms with Crippen molar-refractivity contribution in [2.24, 2.45) is 0 Å². The fraction of sp³-hybridized carbons (Fsp3) is 0.750. The summed E-state index contributed by atoms with van der Waals surface area (Å²) in [5.41, 5.74) is 0.633. The first-order chi connectivity index (χ1) is 7.83. The number of hydrogen-bond donors (Lipinski definition) is 1. The van der Waals surface area contributed by atoms with Crippen LogP contribution in [0.4, 0.5) is 0 Å². The average molecular weight is 224 g/mol. The lowest BCUT2D eigenvalue weighted by molar-refractivity contribution is 0.149. The number of oxazole rings is 1. The van der Waals surface area contributed by atoms with Crippen LogP contribution in [0.15, 0.2) is 10.7 Å². The van der Waals surface area contributed by atoms with E-state index in [1.165, 1.54) is 25.8 Å². The van der Waals surface area contributed by atoms with Crippen molar-refractivity contribution in [2.75, 3.05) is 13.1 Å². The van der Waals surface area contributed by atoms with Crippen LogP contribution in [-0.2, 0) is 13.0 Å². The third-order valence-electron chi connectivity index (χ3n) is 3.33. The van der Waals surface area contributed by atoms with Crippen LogP contribution in [0.5, 0.6) is 0 Å². The number of aliphatic hydroxyl groups is 1. The van der Waals surface area contributed by atoms with E-state index in [-0.39, 0.29) is 6.61 Å². The maximum absolute atomic E-state index is 8.92. The van der Waals surface area contributed by atoms with Crippen molar-refractivity contribution in [1.29, 1.82) is 0 Å². The van der Waals surface area contributed by atoms with Crippen molar-refractivity contribution in [1.82, 2.24) is 9.88 Å². The molecule has 1 unspecified atom stereocenters. The van der Waals surface area contributed by atoms with Crippen LogP contribution in [0.25, 0.3) is 0 Å². The first kappa shape index (κ1) is 11.6. The van der Waals surface area contributed by atoms with Crippen LogP contribution < -0.4 is 0 Å². The quantitative estimate of drug-likeness (QED) is 0.843. The van der Waals surface area contributed by atoms with E-state index in [1.54, 1.807) is 6.26 Å². The summed E-state index contributed by atoms with van der Waals surface area (Å²) in [6.45, 7) is 4.45. The number of hydrogen-bond acceptors (Lipinski definition) is 4. The molecule has 1 saturated heterocycles. The van der Waals surface area contributed by atoms with Gasteiger partial charge in [-0.05, 0) is 25.9 Å². The van der Waals surface area contributed by atoms with Gasteiger partial charge in [-0.25, -0.2) is 4.98 Å². The third-order valence-corrected chi connectivity index (χ3v) is 3.33. The van der Waals surface area contributed by atoms with E-state index >= 15 is 0 Å². The summed E-state index contributed by atoms with van der Waals surface area (Å²) >= 11 is 0. The number of piperidine rings is 1. The molecule has 0 spiro atoms. The summed E-state index contributed by atoms with van der Waals surface area (Å²) < 4.78 is 5.35. The molecular weight excluding hydrogens is 204 g/mol. The van der Waals surface area contributed by atoms with Crippen LogP contribution in [0.2, 0.25) is 0 Å². The highest BCUT2D eigenvalue weighted by Gasteiger charge is 2.22. The summed E-state index contributed by atoms with van der Waals surface area (Å²) in [6, 6.07) is 0.559. The predicted molar refractivity (Wildman–Crippen MR) is 61.0 cm³/mol. The number of likely N-dealkylation sites (tertiary alicyclic amines) is 1. The van der Waals surface area contributed by atoms with Gasteiger partial charge < -0.3 is 14.4 Å². The van der Waals surface area contributed by atoms with E-state index in [0.29, 0.717) is 11.7 Å². The Kier molecular flexibility index (Phi) is 3.96. The molecule has 1 aromatic rings. The van der Waals surface area contributed by atoms with Gasteiger partial charge in [-0.3, -0.25) is 0 Å². The topological polar surface area (TPSA) is 49.5 Å². The second-order valence-electron chi connectivity index (χ2n) is 4.37.